The van der Waals surface area contributed by atoms with Gasteiger partial charge in [-0.15, -0.1) is 0 Å². The molecule has 0 saturated carbocycles. The molecule has 0 amide bonds. The molecule has 1 heterocycles. The summed E-state index contributed by atoms with van der Waals surface area (Å²) in [5.41, 5.74) is 0. The van der Waals surface area contributed by atoms with Crippen LogP contribution in [0.25, 0.3) is 0 Å². The average Bonchev–Trinajstić information content (AvgIpc) is 3.24. The Kier molecular flexibility index (Phi) is 17.2. The van der Waals surface area contributed by atoms with Gasteiger partial charge in [-0.2, -0.15) is 0 Å². The second kappa shape index (κ2) is 18.9. The number of nitrogens with one attached hydrogen (secondary N) is 1. The van der Waals surface area contributed by atoms with Gasteiger partial charge >= 0.3 is 0 Å². The third-order valence-electron chi connectivity index (χ3n) is 6.98. The zero-order valence-corrected chi connectivity index (χ0v) is 21.2. The summed E-state index contributed by atoms with van der Waals surface area (Å²) >= 11 is 0. The van der Waals surface area contributed by atoms with Crippen molar-refractivity contribution in [3.8, 4) is 0 Å². The molecule has 0 aromatic carbocycles. The van der Waals surface area contributed by atoms with Crippen molar-refractivity contribution in [3.05, 3.63) is 18.2 Å². The largest absolute Gasteiger partial charge is 0.257 e. The van der Waals surface area contributed by atoms with Gasteiger partial charge in [0.2, 0.25) is 0 Å². The van der Waals surface area contributed by atoms with Gasteiger partial charge in [0.1, 0.15) is 12.4 Å². The van der Waals surface area contributed by atoms with Gasteiger partial charge < -0.3 is 0 Å². The Balaban J connectivity index is 2.26. The van der Waals surface area contributed by atoms with E-state index in [0.29, 0.717) is 12.0 Å². The molecule has 0 radical (unpaired) electrons. The van der Waals surface area contributed by atoms with Crippen molar-refractivity contribution in [1.29, 1.82) is 0 Å². The van der Waals surface area contributed by atoms with Crippen LogP contribution in [0.4, 0.5) is 0 Å². The fourth-order valence-corrected chi connectivity index (χ4v) is 4.84. The minimum Gasteiger partial charge on any atom is -0.247 e. The summed E-state index contributed by atoms with van der Waals surface area (Å²) in [5, 5.41) is 0. The van der Waals surface area contributed by atoms with Crippen LogP contribution in [-0.4, -0.2) is 4.98 Å². The van der Waals surface area contributed by atoms with Crippen molar-refractivity contribution in [1.82, 2.24) is 4.98 Å². The van der Waals surface area contributed by atoms with Crippen LogP contribution < -0.4 is 4.57 Å². The first-order valence-electron chi connectivity index (χ1n) is 13.8. The number of imidazole rings is 1. The van der Waals surface area contributed by atoms with Crippen LogP contribution in [0, 0.1) is 0 Å². The van der Waals surface area contributed by atoms with E-state index < -0.39 is 0 Å². The molecule has 0 aliphatic carbocycles. The number of hydrogen-bond acceptors (Lipinski definition) is 0. The highest BCUT2D eigenvalue weighted by molar-refractivity contribution is 4.89. The van der Waals surface area contributed by atoms with Crippen LogP contribution in [0.2, 0.25) is 0 Å². The molecule has 2 unspecified atom stereocenters. The number of H-pyrrole nitrogens is 1. The molecule has 1 rings (SSSR count). The van der Waals surface area contributed by atoms with Gasteiger partial charge in [-0.1, -0.05) is 117 Å². The van der Waals surface area contributed by atoms with E-state index in [9.17, 15) is 0 Å². The summed E-state index contributed by atoms with van der Waals surface area (Å²) in [6.07, 6.45) is 31.0. The number of aromatic nitrogens is 2. The van der Waals surface area contributed by atoms with E-state index in [2.05, 4.69) is 49.6 Å². The second-order valence-electron chi connectivity index (χ2n) is 9.73. The second-order valence-corrected chi connectivity index (χ2v) is 9.73. The third-order valence-corrected chi connectivity index (χ3v) is 6.98. The van der Waals surface area contributed by atoms with E-state index >= 15 is 0 Å². The van der Waals surface area contributed by atoms with Crippen molar-refractivity contribution < 1.29 is 4.57 Å². The van der Waals surface area contributed by atoms with Crippen LogP contribution in [0.1, 0.15) is 167 Å². The van der Waals surface area contributed by atoms with Gasteiger partial charge in [0, 0.05) is 0 Å². The predicted octanol–water partition coefficient (Wildman–Crippen LogP) is 9.42. The molecule has 0 fully saturated rings. The summed E-state index contributed by atoms with van der Waals surface area (Å²) in [7, 11) is 0. The lowest BCUT2D eigenvalue weighted by molar-refractivity contribution is -0.727. The molecule has 30 heavy (non-hydrogen) atoms. The summed E-state index contributed by atoms with van der Waals surface area (Å²) in [5.74, 6) is 2.17. The maximum absolute atomic E-state index is 3.61. The van der Waals surface area contributed by atoms with Gasteiger partial charge in [-0.25, -0.2) is 9.55 Å². The lowest BCUT2D eigenvalue weighted by atomic mass is 9.96. The Hall–Kier alpha value is -0.790. The standard InChI is InChI=1S/C28H54N2/c1-5-8-10-12-14-15-17-19-21-23-27(7-3)28-29-24-25-30(28)26(4)22-20-18-16-13-11-9-6-2/h24-27H,5-23H2,1-4H3/p+1. The van der Waals surface area contributed by atoms with Crippen molar-refractivity contribution >= 4 is 0 Å². The highest BCUT2D eigenvalue weighted by Gasteiger charge is 2.24. The van der Waals surface area contributed by atoms with Gasteiger partial charge in [0.05, 0.1) is 12.0 Å². The Morgan fingerprint density at radius 1 is 0.667 bits per heavy atom. The number of hydrogen-bond donors (Lipinski definition) is 1. The third kappa shape index (κ3) is 12.2. The summed E-state index contributed by atoms with van der Waals surface area (Å²) < 4.78 is 2.55. The molecule has 0 spiro atoms. The fourth-order valence-electron chi connectivity index (χ4n) is 4.84. The molecule has 0 aliphatic rings. The first-order valence-corrected chi connectivity index (χ1v) is 13.8. The van der Waals surface area contributed by atoms with Crippen LogP contribution in [0.5, 0.6) is 0 Å². The van der Waals surface area contributed by atoms with Gasteiger partial charge in [0.25, 0.3) is 5.82 Å². The first kappa shape index (κ1) is 27.2. The molecule has 0 saturated heterocycles. The van der Waals surface area contributed by atoms with Crippen molar-refractivity contribution in [2.24, 2.45) is 0 Å². The molecular formula is C28H55N2+. The van der Waals surface area contributed by atoms with E-state index in [-0.39, 0.29) is 0 Å². The Morgan fingerprint density at radius 3 is 1.63 bits per heavy atom. The molecule has 0 aliphatic heterocycles. The SMILES string of the molecule is CCCCCCCCCCCC(CC)c1[nH]cc[n+]1C(C)CCCCCCCCC. The highest BCUT2D eigenvalue weighted by Crippen LogP contribution is 2.24. The topological polar surface area (TPSA) is 19.7 Å². The molecule has 1 aromatic heterocycles. The van der Waals surface area contributed by atoms with E-state index in [1.165, 1.54) is 128 Å². The van der Waals surface area contributed by atoms with E-state index in [1.807, 2.05) is 0 Å². The van der Waals surface area contributed by atoms with Crippen LogP contribution in [-0.2, 0) is 0 Å². The average molecular weight is 420 g/mol. The van der Waals surface area contributed by atoms with Crippen molar-refractivity contribution in [2.75, 3.05) is 0 Å². The number of aromatic amines is 1. The van der Waals surface area contributed by atoms with E-state index in [1.54, 1.807) is 0 Å². The minimum atomic E-state index is 0.624. The van der Waals surface area contributed by atoms with E-state index in [4.69, 9.17) is 0 Å². The van der Waals surface area contributed by atoms with Crippen LogP contribution in [0.3, 0.4) is 0 Å². The minimum absolute atomic E-state index is 0.624. The summed E-state index contributed by atoms with van der Waals surface area (Å²) in [4.78, 5) is 3.61. The Bertz CT molecular complexity index is 479. The molecule has 1 aromatic rings. The Labute approximate surface area is 189 Å². The molecule has 2 heteroatoms. The number of unbranched alkanes of at least 4 members (excludes halogenated alkanes) is 14. The normalized spacial score (nSPS) is 13.6. The van der Waals surface area contributed by atoms with Gasteiger partial charge in [0.15, 0.2) is 0 Å². The van der Waals surface area contributed by atoms with Gasteiger partial charge in [-0.3, -0.25) is 0 Å². The Morgan fingerprint density at radius 2 is 1.13 bits per heavy atom. The maximum Gasteiger partial charge on any atom is 0.257 e. The lowest BCUT2D eigenvalue weighted by Crippen LogP contribution is -2.41. The van der Waals surface area contributed by atoms with E-state index in [0.717, 1.165) is 0 Å². The molecular weight excluding hydrogens is 364 g/mol. The fraction of sp³-hybridized carbons (Fsp3) is 0.893. The number of nitrogens with zero attached hydrogens (tertiary/aromatic N) is 1. The maximum atomic E-state index is 3.61. The molecule has 2 nitrogen and oxygen atoms in total. The first-order chi connectivity index (χ1) is 14.7. The summed E-state index contributed by atoms with van der Waals surface area (Å²) in [6, 6.07) is 0.624. The zero-order valence-electron chi connectivity index (χ0n) is 21.2. The van der Waals surface area contributed by atoms with Crippen LogP contribution >= 0.6 is 0 Å². The van der Waals surface area contributed by atoms with Crippen molar-refractivity contribution in [2.45, 2.75) is 162 Å². The lowest BCUT2D eigenvalue weighted by Gasteiger charge is -2.16. The van der Waals surface area contributed by atoms with Crippen molar-refractivity contribution in [3.63, 3.8) is 0 Å². The smallest absolute Gasteiger partial charge is 0.247 e. The predicted molar refractivity (Wildman–Crippen MR) is 133 cm³/mol. The zero-order chi connectivity index (χ0) is 21.9. The quantitative estimate of drug-likeness (QED) is 0.151. The molecule has 176 valence electrons. The summed E-state index contributed by atoms with van der Waals surface area (Å²) in [6.45, 7) is 9.38. The van der Waals surface area contributed by atoms with Crippen LogP contribution in [0.15, 0.2) is 12.4 Å². The van der Waals surface area contributed by atoms with Gasteiger partial charge in [-0.05, 0) is 32.6 Å². The monoisotopic (exact) mass is 419 g/mol. The number of rotatable bonds is 21. The molecule has 1 N–H and O–H groups in total. The highest BCUT2D eigenvalue weighted by atomic mass is 15.1. The molecule has 0 bridgehead atoms. The molecule has 2 atom stereocenters.